The first-order chi connectivity index (χ1) is 65.8. The lowest BCUT2D eigenvalue weighted by molar-refractivity contribution is -0.332. The third kappa shape index (κ3) is 26.0. The number of phenols is 2. The van der Waals surface area contributed by atoms with Crippen LogP contribution in [0.15, 0.2) is 69.2 Å². The van der Waals surface area contributed by atoms with Gasteiger partial charge in [0, 0.05) is 175 Å². The smallest absolute Gasteiger partial charge is 0.341 e. The topological polar surface area (TPSA) is 680 Å². The number of carbonyl (C=O) groups excluding carboxylic acids is 4. The molecule has 6 fully saturated rings. The Morgan fingerprint density at radius 1 is 0.748 bits per heavy atom. The molecule has 7 aliphatic heterocycles. The van der Waals surface area contributed by atoms with Crippen molar-refractivity contribution >= 4 is 62.6 Å². The number of allylic oxidation sites excluding steroid dienone is 2. The van der Waals surface area contributed by atoms with Crippen molar-refractivity contribution in [1.29, 1.82) is 0 Å². The van der Waals surface area contributed by atoms with E-state index in [1.165, 1.54) is 39.5 Å². The van der Waals surface area contributed by atoms with Crippen molar-refractivity contribution in [1.82, 2.24) is 30.7 Å². The molecule has 2 aliphatic carbocycles. The molecule has 3 aromatic carbocycles. The van der Waals surface area contributed by atoms with Crippen molar-refractivity contribution in [3.8, 4) is 17.2 Å². The Kier molecular flexibility index (Phi) is 40.1. The second-order valence-corrected chi connectivity index (χ2v) is 38.1. The normalized spacial score (nSPS) is 32.6. The Morgan fingerprint density at radius 3 is 1.94 bits per heavy atom. The summed E-state index contributed by atoms with van der Waals surface area (Å²) in [5.74, 6) is -9.04. The Bertz CT molecular complexity index is 5130. The third-order valence-electron chi connectivity index (χ3n) is 27.5. The van der Waals surface area contributed by atoms with Crippen molar-refractivity contribution in [2.45, 2.75) is 286 Å². The van der Waals surface area contributed by atoms with Crippen LogP contribution in [0.5, 0.6) is 17.2 Å². The Labute approximate surface area is 805 Å². The fraction of sp³-hybridized carbons (Fsp3) is 0.684. The van der Waals surface area contributed by atoms with Crippen molar-refractivity contribution in [3.05, 3.63) is 97.9 Å². The number of aromatic carboxylic acids is 1. The second-order valence-electron chi connectivity index (χ2n) is 38.1. The van der Waals surface area contributed by atoms with Gasteiger partial charge in [-0.1, -0.05) is 73.6 Å². The van der Waals surface area contributed by atoms with Crippen LogP contribution < -0.4 is 75.3 Å². The van der Waals surface area contributed by atoms with Gasteiger partial charge in [0.2, 0.25) is 11.3 Å². The van der Waals surface area contributed by atoms with E-state index in [4.69, 9.17) is 81.0 Å². The number of hydrogen-bond donors (Lipinski definition) is 24. The molecule has 778 valence electrons. The summed E-state index contributed by atoms with van der Waals surface area (Å²) in [6, 6.07) is 0.0237. The number of likely N-dealkylation sites (tertiary alicyclic amines) is 1. The van der Waals surface area contributed by atoms with Crippen LogP contribution in [0.1, 0.15) is 160 Å². The van der Waals surface area contributed by atoms with Crippen LogP contribution >= 0.6 is 0 Å². The Balaban J connectivity index is 0.000000217. The molecule has 139 heavy (non-hydrogen) atoms. The van der Waals surface area contributed by atoms with E-state index in [1.54, 1.807) is 71.9 Å². The SMILES string of the molecule is CC[C@@H](CO)NCCN[C@@H](CC)CO.CO[C@H]1/C=C/O[C@@]2(C)Oc3c(C)c(O)c4c(O)c(c5c(c4c3C2=O)=NC2(CCN(CC(C)C)CC2)N=5)NC(=O)/C(C)=C\C=C\[C@H](C)[C@H](O)[C@@H](C)[C@@H](O)[C@@H](C)[C@H](OC(C)=O)[C@@H]1C.NCC[C@H](O)C(=O)N[C@@H]1C[C@H](N)[C@@H](O[C@H]2O[C@H](CN)[C@@H](O)[C@H](O)[C@H]2O)[C@H](O)[C@H]1O[C@H]1O[C@H](CO)[C@@H](O)[C@H](N)[C@H]1O.O=C(O)c1cn(C2CC2)c2cc(N3CCNCC3)c(F)cc2c1=O. The molecule has 4 saturated heterocycles. The van der Waals surface area contributed by atoms with Crippen molar-refractivity contribution < 1.29 is 143 Å². The van der Waals surface area contributed by atoms with E-state index in [0.717, 1.165) is 58.4 Å². The molecule has 44 heteroatoms. The molecule has 0 unspecified atom stereocenters. The summed E-state index contributed by atoms with van der Waals surface area (Å²) in [6.07, 6.45) is -9.62. The first-order valence-corrected chi connectivity index (χ1v) is 47.9. The molecular weight excluding hydrogens is 1820 g/mol. The van der Waals surface area contributed by atoms with Crippen molar-refractivity contribution in [2.24, 2.45) is 62.5 Å². The highest BCUT2D eigenvalue weighted by molar-refractivity contribution is 6.19. The maximum Gasteiger partial charge on any atom is 0.341 e. The summed E-state index contributed by atoms with van der Waals surface area (Å²) in [7, 11) is 1.47. The molecule has 4 aromatic rings. The number of Topliss-reactive ketones (excluding diaryl/α,β-unsaturated/α-hetero) is 1. The highest BCUT2D eigenvalue weighted by Crippen LogP contribution is 2.51. The number of hydrogen-bond acceptors (Lipinski definition) is 39. The number of amides is 2. The van der Waals surface area contributed by atoms with Crippen molar-refractivity contribution in [2.75, 3.05) is 109 Å². The molecule has 43 nitrogen and oxygen atoms in total. The van der Waals surface area contributed by atoms with Gasteiger partial charge >= 0.3 is 17.7 Å². The number of esters is 1. The summed E-state index contributed by atoms with van der Waals surface area (Å²) in [5.41, 5.74) is 22.7. The number of rotatable bonds is 26. The van der Waals surface area contributed by atoms with E-state index in [9.17, 15) is 99.5 Å². The average Bonchev–Trinajstić information content (AvgIpc) is 1.54. The number of nitrogens with two attached hydrogens (primary N) is 4. The number of carbonyl (C=O) groups is 5. The molecule has 13 rings (SSSR count). The van der Waals surface area contributed by atoms with Crippen molar-refractivity contribution in [3.63, 3.8) is 0 Å². The monoisotopic (exact) mass is 1970 g/mol. The molecule has 2 saturated carbocycles. The zero-order chi connectivity index (χ0) is 102. The van der Waals surface area contributed by atoms with E-state index in [1.807, 2.05) is 23.3 Å². The molecule has 0 radical (unpaired) electrons. The number of aliphatic hydroxyl groups is 12. The number of aromatic nitrogens is 1. The number of ketones is 1. The number of phenolic OH excluding ortho intramolecular Hbond substituents is 2. The summed E-state index contributed by atoms with van der Waals surface area (Å²) < 4.78 is 62.9. The predicted molar refractivity (Wildman–Crippen MR) is 506 cm³/mol. The van der Waals surface area contributed by atoms with Crippen LogP contribution in [0.4, 0.5) is 15.8 Å². The molecule has 4 bridgehead atoms. The first-order valence-electron chi connectivity index (χ1n) is 47.9. The van der Waals surface area contributed by atoms with Gasteiger partial charge in [-0.25, -0.2) is 9.18 Å². The van der Waals surface area contributed by atoms with Gasteiger partial charge in [0.25, 0.3) is 11.7 Å². The van der Waals surface area contributed by atoms with Gasteiger partial charge in [-0.3, -0.25) is 34.0 Å². The maximum atomic E-state index is 14.7. The van der Waals surface area contributed by atoms with E-state index in [0.29, 0.717) is 56.1 Å². The Morgan fingerprint density at radius 2 is 1.37 bits per heavy atom. The highest BCUT2D eigenvalue weighted by Gasteiger charge is 2.55. The number of aromatic hydroxyl groups is 2. The van der Waals surface area contributed by atoms with Crippen LogP contribution in [0.2, 0.25) is 0 Å². The van der Waals surface area contributed by atoms with E-state index in [2.05, 4.69) is 45.3 Å². The fourth-order valence-corrected chi connectivity index (χ4v) is 18.8. The number of nitrogens with one attached hydrogen (secondary N) is 5. The number of halogens is 1. The van der Waals surface area contributed by atoms with E-state index >= 15 is 0 Å². The number of piperidine rings is 1. The van der Waals surface area contributed by atoms with Gasteiger partial charge < -0.3 is 178 Å². The Hall–Kier alpha value is -8.57. The van der Waals surface area contributed by atoms with E-state index in [-0.39, 0.29) is 124 Å². The number of carboxylic acids is 1. The first kappa shape index (κ1) is 112. The van der Waals surface area contributed by atoms with Crippen LogP contribution in [-0.4, -0.2) is 360 Å². The number of anilines is 2. The summed E-state index contributed by atoms with van der Waals surface area (Å²) >= 11 is 0. The number of methoxy groups -OCH3 is 1. The number of nitrogens with zero attached hydrogens (tertiary/aromatic N) is 5. The summed E-state index contributed by atoms with van der Waals surface area (Å²) in [6.45, 7) is 27.7. The lowest BCUT2D eigenvalue weighted by Crippen LogP contribution is -2.69. The molecule has 2 amide bonds. The average molecular weight is 1970 g/mol. The zero-order valence-electron chi connectivity index (χ0n) is 81.2. The maximum absolute atomic E-state index is 14.7. The van der Waals surface area contributed by atoms with Crippen LogP contribution in [0.3, 0.4) is 0 Å². The lowest BCUT2D eigenvalue weighted by Gasteiger charge is -2.49. The third-order valence-corrected chi connectivity index (χ3v) is 27.5. The predicted octanol–water partition coefficient (Wildman–Crippen LogP) is -2.38. The van der Waals surface area contributed by atoms with Crippen LogP contribution in [-0.2, 0) is 47.5 Å². The van der Waals surface area contributed by atoms with Gasteiger partial charge in [-0.05, 0) is 83.0 Å². The second kappa shape index (κ2) is 49.6. The van der Waals surface area contributed by atoms with E-state index < -0.39 is 211 Å². The minimum absolute atomic E-state index is 0.0101. The summed E-state index contributed by atoms with van der Waals surface area (Å²) in [4.78, 5) is 92.0. The number of benzene rings is 3. The highest BCUT2D eigenvalue weighted by atomic mass is 19.1. The number of fused-ring (bicyclic) bond motifs is 2. The van der Waals surface area contributed by atoms with Gasteiger partial charge in [-0.2, -0.15) is 0 Å². The zero-order valence-corrected chi connectivity index (χ0v) is 81.2. The minimum Gasteiger partial charge on any atom is -0.507 e. The molecule has 8 heterocycles. The fourth-order valence-electron chi connectivity index (χ4n) is 18.8. The molecule has 1 spiro atoms. The van der Waals surface area contributed by atoms with Gasteiger partial charge in [0.1, 0.15) is 107 Å². The molecule has 28 N–H and O–H groups in total. The summed E-state index contributed by atoms with van der Waals surface area (Å²) in [5, 5.41) is 172. The largest absolute Gasteiger partial charge is 0.507 e. The van der Waals surface area contributed by atoms with Crippen LogP contribution in [0, 0.1) is 42.3 Å². The number of aliphatic hydroxyl groups excluding tert-OH is 12. The van der Waals surface area contributed by atoms with Gasteiger partial charge in [-0.15, -0.1) is 0 Å². The standard InChI is InChI=1S/C46H62N4O11.C22H43N5O13.C17H18FN3O3.C10H24N2O2/c1-22(2)21-50-18-16-46(17-19-50)48-34-31-32-39(54)28(8)42-33(31)43(56)45(10,61-42)59-20-15-30(58-11)25(5)41(60-29(9)51)27(7)38(53)26(6)37(52)23(3)13-12-14-24(4)44(57)47-36(40(32)55)35(34)49-46;23-2-1-8(29)20(36)27-7-3-6(25)18(39-22-16(34)15(33)13(31)9(4-24)37-22)17(35)19(7)40-21-14(32)11(26)12(30)10(5-28)38-21;18-13-7-11-14(8-15(13)20-5-3-19-4-6-20)21(10-1-2-10)9-12(16(11)22)17(23)24;1-3-9(7-13)11-5-6-12-10(4-2)8-14/h12-15,20,22-23,25-27,30,37-38,41,52-55H,16-19,21H2,1-11H3,(H,47,57);6-19,21-22,28-35H,1-5,23-26H2,(H,27,36);7-10,19H,1-6H2,(H,23,24);9-14H,3-8H2,1-2H3/b13-12+,20-15+,24-14-;;;/t23-,25+,26+,27+,30-,37-,38+,41+,45-;6-,7+,8-,9+,10+,11-,12+,13+,14+,15-,16+,17-,18+,19-,21+,22+;;9-,10-/m00.0/s1. The van der Waals surface area contributed by atoms with Gasteiger partial charge in [0.05, 0.1) is 84.0 Å². The number of pyridine rings is 1. The molecule has 1 aromatic heterocycles. The number of piperazine rings is 1. The number of carboxylic acid groups (broad SMARTS) is 1. The quantitative estimate of drug-likeness (QED) is 0.0177. The molecule has 27 atom stereocenters. The minimum atomic E-state index is -1.96. The molecule has 9 aliphatic rings. The molecular formula is C95H147FN14O29. The van der Waals surface area contributed by atoms with Crippen LogP contribution in [0.25, 0.3) is 21.7 Å². The lowest BCUT2D eigenvalue weighted by atomic mass is 9.78. The number of ether oxygens (including phenoxy) is 8. The van der Waals surface area contributed by atoms with Gasteiger partial charge in [0.15, 0.2) is 24.0 Å².